The number of nitrogens with zero attached hydrogens (tertiary/aromatic N) is 5. The number of halogens is 1. The number of amides is 1. The molecule has 4 rings (SSSR count). The highest BCUT2D eigenvalue weighted by Gasteiger charge is 2.26. The first-order valence-corrected chi connectivity index (χ1v) is 9.91. The van der Waals surface area contributed by atoms with Crippen LogP contribution in [0.25, 0.3) is 10.2 Å². The van der Waals surface area contributed by atoms with Gasteiger partial charge in [0.1, 0.15) is 11.3 Å². The molecule has 1 aliphatic heterocycles. The van der Waals surface area contributed by atoms with Crippen LogP contribution in [0.3, 0.4) is 0 Å². The molecule has 0 saturated carbocycles. The fraction of sp³-hybridized carbons (Fsp3) is 0.421. The Morgan fingerprint density at radius 2 is 1.96 bits per heavy atom. The lowest BCUT2D eigenvalue weighted by Gasteiger charge is -2.34. The van der Waals surface area contributed by atoms with Crippen molar-refractivity contribution >= 4 is 32.6 Å². The lowest BCUT2D eigenvalue weighted by molar-refractivity contribution is 0.0739. The van der Waals surface area contributed by atoms with Gasteiger partial charge < -0.3 is 9.80 Å². The second-order valence-corrected chi connectivity index (χ2v) is 8.08. The summed E-state index contributed by atoms with van der Waals surface area (Å²) in [4.78, 5) is 21.2. The van der Waals surface area contributed by atoms with Crippen molar-refractivity contribution in [3.8, 4) is 0 Å². The van der Waals surface area contributed by atoms with E-state index in [1.54, 1.807) is 6.07 Å². The molecular formula is C19H22FN5OS. The summed E-state index contributed by atoms with van der Waals surface area (Å²) in [6, 6.07) is 7.09. The lowest BCUT2D eigenvalue weighted by Crippen LogP contribution is -2.48. The Kier molecular flexibility index (Phi) is 4.59. The number of hydrogen-bond donors (Lipinski definition) is 0. The number of para-hydroxylation sites is 1. The van der Waals surface area contributed by atoms with Gasteiger partial charge in [0.25, 0.3) is 5.91 Å². The molecule has 3 aromatic rings. The first-order valence-electron chi connectivity index (χ1n) is 9.09. The number of carbonyl (C=O) groups excluding carboxylic acids is 1. The molecule has 8 heteroatoms. The van der Waals surface area contributed by atoms with Crippen LogP contribution in [-0.4, -0.2) is 51.8 Å². The summed E-state index contributed by atoms with van der Waals surface area (Å²) < 4.78 is 16.6. The highest BCUT2D eigenvalue weighted by molar-refractivity contribution is 7.22. The third kappa shape index (κ3) is 3.29. The van der Waals surface area contributed by atoms with Gasteiger partial charge in [-0.2, -0.15) is 5.10 Å². The summed E-state index contributed by atoms with van der Waals surface area (Å²) in [5.41, 5.74) is 1.91. The number of piperazine rings is 1. The number of aryl methyl sites for hydroxylation is 1. The number of carbonyl (C=O) groups is 1. The predicted octanol–water partition coefficient (Wildman–Crippen LogP) is 3.48. The summed E-state index contributed by atoms with van der Waals surface area (Å²) in [5, 5.41) is 5.27. The van der Waals surface area contributed by atoms with Gasteiger partial charge in [0.2, 0.25) is 0 Å². The van der Waals surface area contributed by atoms with Crippen LogP contribution in [-0.2, 0) is 0 Å². The molecule has 2 aromatic heterocycles. The molecule has 0 atom stereocenters. The molecule has 0 N–H and O–H groups in total. The van der Waals surface area contributed by atoms with Gasteiger partial charge in [0, 0.05) is 37.9 Å². The van der Waals surface area contributed by atoms with Crippen LogP contribution in [0.15, 0.2) is 24.3 Å². The van der Waals surface area contributed by atoms with Gasteiger partial charge in [0.05, 0.1) is 4.70 Å². The number of anilines is 1. The summed E-state index contributed by atoms with van der Waals surface area (Å²) in [7, 11) is 0. The van der Waals surface area contributed by atoms with Gasteiger partial charge >= 0.3 is 0 Å². The van der Waals surface area contributed by atoms with Crippen LogP contribution in [0.5, 0.6) is 0 Å². The van der Waals surface area contributed by atoms with Gasteiger partial charge in [-0.25, -0.2) is 9.37 Å². The molecule has 1 saturated heterocycles. The number of fused-ring (bicyclic) bond motifs is 1. The van der Waals surface area contributed by atoms with Crippen LogP contribution >= 0.6 is 11.3 Å². The molecule has 0 bridgehead atoms. The summed E-state index contributed by atoms with van der Waals surface area (Å²) >= 11 is 1.49. The first kappa shape index (κ1) is 17.9. The molecule has 27 heavy (non-hydrogen) atoms. The zero-order chi connectivity index (χ0) is 19.1. The van der Waals surface area contributed by atoms with Crippen LogP contribution < -0.4 is 4.90 Å². The molecule has 1 aromatic carbocycles. The van der Waals surface area contributed by atoms with E-state index >= 15 is 0 Å². The number of hydrogen-bond acceptors (Lipinski definition) is 5. The molecule has 1 aliphatic rings. The fourth-order valence-electron chi connectivity index (χ4n) is 3.42. The summed E-state index contributed by atoms with van der Waals surface area (Å²) in [5.74, 6) is -0.326. The Morgan fingerprint density at radius 3 is 2.59 bits per heavy atom. The maximum atomic E-state index is 13.9. The zero-order valence-corrected chi connectivity index (χ0v) is 16.5. The van der Waals surface area contributed by atoms with E-state index in [0.717, 1.165) is 15.5 Å². The maximum absolute atomic E-state index is 13.9. The highest BCUT2D eigenvalue weighted by Crippen LogP contribution is 2.30. The number of aromatic nitrogens is 3. The Balaban J connectivity index is 1.46. The van der Waals surface area contributed by atoms with Crippen LogP contribution in [0.1, 0.15) is 36.1 Å². The van der Waals surface area contributed by atoms with Crippen molar-refractivity contribution in [1.29, 1.82) is 0 Å². The van der Waals surface area contributed by atoms with Crippen molar-refractivity contribution in [3.63, 3.8) is 0 Å². The molecule has 142 valence electrons. The highest BCUT2D eigenvalue weighted by atomic mass is 32.1. The molecule has 3 heterocycles. The molecular weight excluding hydrogens is 365 g/mol. The minimum absolute atomic E-state index is 0.0347. The van der Waals surface area contributed by atoms with Crippen molar-refractivity contribution < 1.29 is 9.18 Å². The third-order valence-electron chi connectivity index (χ3n) is 4.83. The molecule has 0 radical (unpaired) electrons. The average Bonchev–Trinajstić information content (AvgIpc) is 3.26. The SMILES string of the molecule is Cc1cc(C(=O)N2CCN(c3nc4c(F)cccc4s3)CC2)nn1C(C)C. The largest absolute Gasteiger partial charge is 0.345 e. The van der Waals surface area contributed by atoms with E-state index in [9.17, 15) is 9.18 Å². The van der Waals surface area contributed by atoms with Crippen molar-refractivity contribution in [2.45, 2.75) is 26.8 Å². The normalized spacial score (nSPS) is 15.1. The van der Waals surface area contributed by atoms with Gasteiger partial charge in [-0.1, -0.05) is 17.4 Å². The van der Waals surface area contributed by atoms with E-state index in [1.807, 2.05) is 42.5 Å². The van der Waals surface area contributed by atoms with Crippen molar-refractivity contribution in [2.24, 2.45) is 0 Å². The molecule has 1 fully saturated rings. The van der Waals surface area contributed by atoms with E-state index in [0.29, 0.717) is 37.4 Å². The minimum Gasteiger partial charge on any atom is -0.345 e. The monoisotopic (exact) mass is 387 g/mol. The van der Waals surface area contributed by atoms with E-state index in [1.165, 1.54) is 17.4 Å². The van der Waals surface area contributed by atoms with E-state index in [-0.39, 0.29) is 17.8 Å². The van der Waals surface area contributed by atoms with Crippen LogP contribution in [0.4, 0.5) is 9.52 Å². The van der Waals surface area contributed by atoms with Gasteiger partial charge in [-0.3, -0.25) is 9.48 Å². The molecule has 0 aliphatic carbocycles. The van der Waals surface area contributed by atoms with E-state index in [2.05, 4.69) is 15.0 Å². The van der Waals surface area contributed by atoms with Gasteiger partial charge in [-0.15, -0.1) is 0 Å². The maximum Gasteiger partial charge on any atom is 0.274 e. The van der Waals surface area contributed by atoms with E-state index in [4.69, 9.17) is 0 Å². The minimum atomic E-state index is -0.292. The van der Waals surface area contributed by atoms with Crippen LogP contribution in [0.2, 0.25) is 0 Å². The molecule has 6 nitrogen and oxygen atoms in total. The predicted molar refractivity (Wildman–Crippen MR) is 105 cm³/mol. The van der Waals surface area contributed by atoms with Gasteiger partial charge in [-0.05, 0) is 39.0 Å². The molecule has 0 spiro atoms. The quantitative estimate of drug-likeness (QED) is 0.690. The Labute approximate surface area is 161 Å². The van der Waals surface area contributed by atoms with Crippen molar-refractivity contribution in [1.82, 2.24) is 19.7 Å². The Morgan fingerprint density at radius 1 is 1.22 bits per heavy atom. The number of rotatable bonds is 3. The van der Waals surface area contributed by atoms with Gasteiger partial charge in [0.15, 0.2) is 10.8 Å². The number of benzene rings is 1. The first-order chi connectivity index (χ1) is 12.9. The lowest BCUT2D eigenvalue weighted by atomic mass is 10.2. The second kappa shape index (κ2) is 6.92. The Bertz CT molecular complexity index is 987. The number of thiazole rings is 1. The molecule has 1 amide bonds. The zero-order valence-electron chi connectivity index (χ0n) is 15.6. The summed E-state index contributed by atoms with van der Waals surface area (Å²) in [6.45, 7) is 8.62. The van der Waals surface area contributed by atoms with E-state index < -0.39 is 0 Å². The fourth-order valence-corrected chi connectivity index (χ4v) is 4.45. The van der Waals surface area contributed by atoms with Crippen molar-refractivity contribution in [3.05, 3.63) is 41.5 Å². The average molecular weight is 387 g/mol. The Hall–Kier alpha value is -2.48. The second-order valence-electron chi connectivity index (χ2n) is 7.07. The third-order valence-corrected chi connectivity index (χ3v) is 5.91. The van der Waals surface area contributed by atoms with Crippen LogP contribution in [0, 0.1) is 12.7 Å². The topological polar surface area (TPSA) is 54.3 Å². The van der Waals surface area contributed by atoms with Crippen molar-refractivity contribution in [2.75, 3.05) is 31.1 Å². The molecule has 0 unspecified atom stereocenters. The summed E-state index contributed by atoms with van der Waals surface area (Å²) in [6.07, 6.45) is 0. The smallest absolute Gasteiger partial charge is 0.274 e. The standard InChI is InChI=1S/C19H22FN5OS/c1-12(2)25-13(3)11-15(22-25)18(26)23-7-9-24(10-8-23)19-21-17-14(20)5-4-6-16(17)27-19/h4-6,11-12H,7-10H2,1-3H3.